The average molecular weight is 354 g/mol. The second kappa shape index (κ2) is 6.00. The van der Waals surface area contributed by atoms with Crippen LogP contribution in [0.15, 0.2) is 20.1 Å². The van der Waals surface area contributed by atoms with E-state index in [1.165, 1.54) is 11.3 Å². The average Bonchev–Trinajstić information content (AvgIpc) is 2.95. The van der Waals surface area contributed by atoms with E-state index >= 15 is 0 Å². The van der Waals surface area contributed by atoms with E-state index in [0.717, 1.165) is 23.0 Å². The van der Waals surface area contributed by atoms with Gasteiger partial charge >= 0.3 is 0 Å². The summed E-state index contributed by atoms with van der Waals surface area (Å²) in [4.78, 5) is 0. The fourth-order valence-corrected chi connectivity index (χ4v) is 6.16. The van der Waals surface area contributed by atoms with Crippen molar-refractivity contribution in [2.45, 2.75) is 35.9 Å². The van der Waals surface area contributed by atoms with E-state index in [0.29, 0.717) is 17.2 Å². The van der Waals surface area contributed by atoms with Crippen LogP contribution in [0.1, 0.15) is 25.7 Å². The molecule has 0 saturated carbocycles. The van der Waals surface area contributed by atoms with Gasteiger partial charge < -0.3 is 5.11 Å². The van der Waals surface area contributed by atoms with Crippen molar-refractivity contribution in [2.24, 2.45) is 0 Å². The van der Waals surface area contributed by atoms with Crippen molar-refractivity contribution in [2.75, 3.05) is 13.2 Å². The molecule has 1 saturated heterocycles. The molecule has 7 heteroatoms. The molecular weight excluding hydrogens is 338 g/mol. The summed E-state index contributed by atoms with van der Waals surface area (Å²) in [5, 5.41) is 8.86. The topological polar surface area (TPSA) is 57.6 Å². The molecule has 18 heavy (non-hydrogen) atoms. The number of nitrogens with zero attached hydrogens (tertiary/aromatic N) is 1. The molecule has 1 aliphatic rings. The van der Waals surface area contributed by atoms with Gasteiger partial charge in [0.1, 0.15) is 4.21 Å². The second-order valence-corrected chi connectivity index (χ2v) is 8.92. The summed E-state index contributed by atoms with van der Waals surface area (Å²) >= 11 is 4.54. The molecule has 2 heterocycles. The number of thiophene rings is 1. The summed E-state index contributed by atoms with van der Waals surface area (Å²) in [7, 11) is -3.36. The predicted octanol–water partition coefficient (Wildman–Crippen LogP) is 2.44. The van der Waals surface area contributed by atoms with Crippen molar-refractivity contribution >= 4 is 37.3 Å². The van der Waals surface area contributed by atoms with Crippen molar-refractivity contribution in [3.05, 3.63) is 15.9 Å². The molecule has 0 spiro atoms. The largest absolute Gasteiger partial charge is 0.396 e. The van der Waals surface area contributed by atoms with Crippen LogP contribution in [0.3, 0.4) is 0 Å². The highest BCUT2D eigenvalue weighted by atomic mass is 79.9. The van der Waals surface area contributed by atoms with Crippen LogP contribution < -0.4 is 0 Å². The van der Waals surface area contributed by atoms with E-state index in [-0.39, 0.29) is 12.6 Å². The van der Waals surface area contributed by atoms with Crippen LogP contribution in [0.2, 0.25) is 0 Å². The monoisotopic (exact) mass is 353 g/mol. The van der Waals surface area contributed by atoms with Gasteiger partial charge in [0.05, 0.1) is 3.79 Å². The Balaban J connectivity index is 2.18. The molecule has 1 fully saturated rings. The van der Waals surface area contributed by atoms with E-state index in [1.807, 2.05) is 0 Å². The Morgan fingerprint density at radius 2 is 2.28 bits per heavy atom. The summed E-state index contributed by atoms with van der Waals surface area (Å²) in [5.41, 5.74) is 0. The molecule has 4 nitrogen and oxygen atoms in total. The number of hydrogen-bond acceptors (Lipinski definition) is 4. The van der Waals surface area contributed by atoms with Gasteiger partial charge in [0.15, 0.2) is 0 Å². The van der Waals surface area contributed by atoms with Crippen LogP contribution in [0, 0.1) is 0 Å². The molecule has 0 aromatic carbocycles. The zero-order chi connectivity index (χ0) is 13.2. The van der Waals surface area contributed by atoms with Gasteiger partial charge in [-0.3, -0.25) is 0 Å². The van der Waals surface area contributed by atoms with Crippen LogP contribution in [0.25, 0.3) is 0 Å². The second-order valence-electron chi connectivity index (χ2n) is 4.34. The molecule has 1 atom stereocenters. The smallest absolute Gasteiger partial charge is 0.252 e. The standard InChI is InChI=1S/C11H16BrNO3S2/c12-10-5-6-11(17-10)18(15,16)13-7-1-3-9(13)4-2-8-14/h5-6,9,14H,1-4,7-8H2. The Kier molecular flexibility index (Phi) is 4.82. The molecule has 2 rings (SSSR count). The van der Waals surface area contributed by atoms with Crippen LogP contribution in [-0.4, -0.2) is 37.0 Å². The number of hydrogen-bond donors (Lipinski definition) is 1. The minimum atomic E-state index is -3.36. The first-order valence-electron chi connectivity index (χ1n) is 5.94. The highest BCUT2D eigenvalue weighted by Gasteiger charge is 2.35. The van der Waals surface area contributed by atoms with Crippen LogP contribution in [-0.2, 0) is 10.0 Å². The highest BCUT2D eigenvalue weighted by molar-refractivity contribution is 9.11. The van der Waals surface area contributed by atoms with Gasteiger partial charge in [-0.15, -0.1) is 11.3 Å². The molecule has 1 aromatic heterocycles. The van der Waals surface area contributed by atoms with Crippen LogP contribution >= 0.6 is 27.3 Å². The number of rotatable bonds is 5. The molecule has 102 valence electrons. The SMILES string of the molecule is O=S(=O)(c1ccc(Br)s1)N1CCCC1CCCO. The fraction of sp³-hybridized carbons (Fsp3) is 0.636. The normalized spacial score (nSPS) is 21.6. The zero-order valence-corrected chi connectivity index (χ0v) is 13.1. The van der Waals surface area contributed by atoms with Gasteiger partial charge in [0.25, 0.3) is 10.0 Å². The van der Waals surface area contributed by atoms with Crippen molar-refractivity contribution in [1.29, 1.82) is 0 Å². The number of halogens is 1. The highest BCUT2D eigenvalue weighted by Crippen LogP contribution is 2.33. The van der Waals surface area contributed by atoms with E-state index < -0.39 is 10.0 Å². The third kappa shape index (κ3) is 2.96. The number of aliphatic hydroxyl groups excluding tert-OH is 1. The maximum absolute atomic E-state index is 12.5. The van der Waals surface area contributed by atoms with E-state index in [4.69, 9.17) is 5.11 Å². The van der Waals surface area contributed by atoms with Gasteiger partial charge in [-0.05, 0) is 53.7 Å². The first-order valence-corrected chi connectivity index (χ1v) is 8.98. The van der Waals surface area contributed by atoms with Gasteiger partial charge in [-0.2, -0.15) is 4.31 Å². The molecule has 0 radical (unpaired) electrons. The Morgan fingerprint density at radius 1 is 1.50 bits per heavy atom. The van der Waals surface area contributed by atoms with Crippen LogP contribution in [0.4, 0.5) is 0 Å². The van der Waals surface area contributed by atoms with Crippen molar-refractivity contribution in [3.63, 3.8) is 0 Å². The Bertz CT molecular complexity index is 500. The lowest BCUT2D eigenvalue weighted by Gasteiger charge is -2.23. The van der Waals surface area contributed by atoms with Crippen molar-refractivity contribution < 1.29 is 13.5 Å². The Morgan fingerprint density at radius 3 is 2.89 bits per heavy atom. The third-order valence-electron chi connectivity index (χ3n) is 3.13. The number of sulfonamides is 1. The summed E-state index contributed by atoms with van der Waals surface area (Å²) in [5.74, 6) is 0. The third-order valence-corrected chi connectivity index (χ3v) is 7.17. The predicted molar refractivity (Wildman–Crippen MR) is 75.3 cm³/mol. The molecule has 0 amide bonds. The Labute approximate surface area is 120 Å². The molecule has 1 unspecified atom stereocenters. The minimum Gasteiger partial charge on any atom is -0.396 e. The van der Waals surface area contributed by atoms with E-state index in [9.17, 15) is 8.42 Å². The van der Waals surface area contributed by atoms with Gasteiger partial charge in [-0.25, -0.2) is 8.42 Å². The van der Waals surface area contributed by atoms with Gasteiger partial charge in [-0.1, -0.05) is 0 Å². The fourth-order valence-electron chi connectivity index (χ4n) is 2.29. The summed E-state index contributed by atoms with van der Waals surface area (Å²) in [6.07, 6.45) is 3.20. The summed E-state index contributed by atoms with van der Waals surface area (Å²) in [6.45, 7) is 0.711. The maximum Gasteiger partial charge on any atom is 0.252 e. The maximum atomic E-state index is 12.5. The summed E-state index contributed by atoms with van der Waals surface area (Å²) in [6, 6.07) is 3.45. The first-order chi connectivity index (χ1) is 8.55. The molecule has 1 aromatic rings. The molecule has 1 N–H and O–H groups in total. The van der Waals surface area contributed by atoms with Crippen molar-refractivity contribution in [1.82, 2.24) is 4.31 Å². The van der Waals surface area contributed by atoms with Gasteiger partial charge in [0.2, 0.25) is 0 Å². The Hall–Kier alpha value is 0.0500. The number of aliphatic hydroxyl groups is 1. The summed E-state index contributed by atoms with van der Waals surface area (Å²) < 4.78 is 27.8. The quantitative estimate of drug-likeness (QED) is 0.884. The lowest BCUT2D eigenvalue weighted by atomic mass is 10.1. The molecule has 0 aliphatic carbocycles. The van der Waals surface area contributed by atoms with E-state index in [2.05, 4.69) is 15.9 Å². The van der Waals surface area contributed by atoms with Gasteiger partial charge in [0, 0.05) is 19.2 Å². The lowest BCUT2D eigenvalue weighted by Crippen LogP contribution is -2.35. The zero-order valence-electron chi connectivity index (χ0n) is 9.88. The molecular formula is C11H16BrNO3S2. The molecule has 0 bridgehead atoms. The van der Waals surface area contributed by atoms with Crippen molar-refractivity contribution in [3.8, 4) is 0 Å². The van der Waals surface area contributed by atoms with E-state index in [1.54, 1.807) is 16.4 Å². The lowest BCUT2D eigenvalue weighted by molar-refractivity contribution is 0.264. The molecule has 1 aliphatic heterocycles. The van der Waals surface area contributed by atoms with Crippen LogP contribution in [0.5, 0.6) is 0 Å². The minimum absolute atomic E-state index is 0.0445. The first kappa shape index (κ1) is 14.5.